The third kappa shape index (κ3) is 3.04. The highest BCUT2D eigenvalue weighted by atomic mass is 16.4. The van der Waals surface area contributed by atoms with Gasteiger partial charge in [-0.15, -0.1) is 0 Å². The normalized spacial score (nSPS) is 15.7. The van der Waals surface area contributed by atoms with Crippen LogP contribution in [0, 0.1) is 0 Å². The van der Waals surface area contributed by atoms with Crippen molar-refractivity contribution in [1.29, 1.82) is 0 Å². The number of furan rings is 1. The van der Waals surface area contributed by atoms with Crippen LogP contribution >= 0.6 is 0 Å². The second-order valence-corrected chi connectivity index (χ2v) is 5.12. The molecule has 21 heavy (non-hydrogen) atoms. The molecule has 2 aromatic rings. The van der Waals surface area contributed by atoms with Crippen LogP contribution in [-0.4, -0.2) is 34.1 Å². The number of hydrogen-bond acceptors (Lipinski definition) is 5. The molecule has 0 unspecified atom stereocenters. The molecule has 0 aliphatic carbocycles. The van der Waals surface area contributed by atoms with E-state index in [2.05, 4.69) is 14.9 Å². The van der Waals surface area contributed by atoms with E-state index in [-0.39, 0.29) is 5.69 Å². The molecule has 0 amide bonds. The molecule has 1 aliphatic heterocycles. The van der Waals surface area contributed by atoms with Gasteiger partial charge in [-0.3, -0.25) is 0 Å². The van der Waals surface area contributed by atoms with E-state index in [9.17, 15) is 9.90 Å². The molecule has 0 saturated carbocycles. The zero-order valence-corrected chi connectivity index (χ0v) is 11.7. The number of carboxylic acids is 1. The van der Waals surface area contributed by atoms with Gasteiger partial charge in [-0.25, -0.2) is 14.8 Å². The summed E-state index contributed by atoms with van der Waals surface area (Å²) in [5.41, 5.74) is -0.00403. The van der Waals surface area contributed by atoms with E-state index in [4.69, 9.17) is 4.42 Å². The minimum atomic E-state index is -1.05. The standard InChI is InChI=1S/C15H17N3O3/c19-15(20)11-10-13(18-7-3-1-2-4-8-18)17-14(16-11)12-6-5-9-21-12/h5-6,9-10H,1-4,7-8H2,(H,19,20). The molecule has 110 valence electrons. The molecule has 0 radical (unpaired) electrons. The van der Waals surface area contributed by atoms with Crippen molar-refractivity contribution in [2.75, 3.05) is 18.0 Å². The predicted octanol–water partition coefficient (Wildman–Crippen LogP) is 2.82. The van der Waals surface area contributed by atoms with Gasteiger partial charge in [-0.1, -0.05) is 12.8 Å². The molecular weight excluding hydrogens is 270 g/mol. The Balaban J connectivity index is 2.00. The largest absolute Gasteiger partial charge is 0.477 e. The Morgan fingerprint density at radius 3 is 2.57 bits per heavy atom. The van der Waals surface area contributed by atoms with Gasteiger partial charge in [0.1, 0.15) is 5.82 Å². The van der Waals surface area contributed by atoms with Gasteiger partial charge in [-0.05, 0) is 25.0 Å². The van der Waals surface area contributed by atoms with Crippen molar-refractivity contribution < 1.29 is 14.3 Å². The first-order valence-electron chi connectivity index (χ1n) is 7.15. The summed E-state index contributed by atoms with van der Waals surface area (Å²) in [5, 5.41) is 9.25. The minimum absolute atomic E-state index is 0.00403. The van der Waals surface area contributed by atoms with Crippen LogP contribution in [0.15, 0.2) is 28.9 Å². The van der Waals surface area contributed by atoms with Crippen LogP contribution in [0.1, 0.15) is 36.2 Å². The SMILES string of the molecule is O=C(O)c1cc(N2CCCCCC2)nc(-c2ccco2)n1. The van der Waals surface area contributed by atoms with Crippen LogP contribution in [-0.2, 0) is 0 Å². The summed E-state index contributed by atoms with van der Waals surface area (Å²) in [6, 6.07) is 5.00. The zero-order chi connectivity index (χ0) is 14.7. The Hall–Kier alpha value is -2.37. The van der Waals surface area contributed by atoms with Gasteiger partial charge in [0.15, 0.2) is 17.3 Å². The molecule has 1 saturated heterocycles. The molecule has 3 rings (SSSR count). The molecule has 0 spiro atoms. The topological polar surface area (TPSA) is 79.5 Å². The van der Waals surface area contributed by atoms with Crippen LogP contribution in [0.4, 0.5) is 5.82 Å². The highest BCUT2D eigenvalue weighted by Gasteiger charge is 2.18. The predicted molar refractivity (Wildman–Crippen MR) is 77.4 cm³/mol. The Bertz CT molecular complexity index is 617. The molecular formula is C15H17N3O3. The maximum atomic E-state index is 11.3. The summed E-state index contributed by atoms with van der Waals surface area (Å²) < 4.78 is 5.28. The monoisotopic (exact) mass is 287 g/mol. The lowest BCUT2D eigenvalue weighted by Crippen LogP contribution is -2.25. The molecule has 0 aromatic carbocycles. The van der Waals surface area contributed by atoms with Gasteiger partial charge in [0.25, 0.3) is 0 Å². The fourth-order valence-corrected chi connectivity index (χ4v) is 2.52. The maximum Gasteiger partial charge on any atom is 0.354 e. The second kappa shape index (κ2) is 5.95. The summed E-state index contributed by atoms with van der Waals surface area (Å²) in [6.07, 6.45) is 6.14. The van der Waals surface area contributed by atoms with E-state index in [1.165, 1.54) is 19.1 Å². The average molecular weight is 287 g/mol. The van der Waals surface area contributed by atoms with E-state index in [0.29, 0.717) is 17.4 Å². The molecule has 6 nitrogen and oxygen atoms in total. The lowest BCUT2D eigenvalue weighted by atomic mass is 10.2. The van der Waals surface area contributed by atoms with Crippen molar-refractivity contribution in [3.8, 4) is 11.6 Å². The van der Waals surface area contributed by atoms with Gasteiger partial charge < -0.3 is 14.4 Å². The number of rotatable bonds is 3. The van der Waals surface area contributed by atoms with Crippen molar-refractivity contribution in [1.82, 2.24) is 9.97 Å². The first kappa shape index (κ1) is 13.6. The highest BCUT2D eigenvalue weighted by molar-refractivity contribution is 5.86. The summed E-state index contributed by atoms with van der Waals surface area (Å²) in [7, 11) is 0. The third-order valence-electron chi connectivity index (χ3n) is 3.60. The second-order valence-electron chi connectivity index (χ2n) is 5.12. The van der Waals surface area contributed by atoms with Crippen LogP contribution in [0.25, 0.3) is 11.6 Å². The van der Waals surface area contributed by atoms with E-state index < -0.39 is 5.97 Å². The van der Waals surface area contributed by atoms with E-state index in [1.807, 2.05) is 0 Å². The molecule has 1 aliphatic rings. The number of hydrogen-bond donors (Lipinski definition) is 1. The van der Waals surface area contributed by atoms with Gasteiger partial charge in [0.05, 0.1) is 6.26 Å². The van der Waals surface area contributed by atoms with E-state index in [0.717, 1.165) is 25.9 Å². The summed E-state index contributed by atoms with van der Waals surface area (Å²) in [5.74, 6) is 0.408. The number of carboxylic acid groups (broad SMARTS) is 1. The zero-order valence-electron chi connectivity index (χ0n) is 11.7. The van der Waals surface area contributed by atoms with Crippen molar-refractivity contribution in [2.24, 2.45) is 0 Å². The smallest absolute Gasteiger partial charge is 0.354 e. The highest BCUT2D eigenvalue weighted by Crippen LogP contribution is 2.23. The first-order valence-corrected chi connectivity index (χ1v) is 7.15. The number of aromatic nitrogens is 2. The molecule has 1 N–H and O–H groups in total. The summed E-state index contributed by atoms with van der Waals surface area (Å²) in [4.78, 5) is 22.0. The van der Waals surface area contributed by atoms with Crippen molar-refractivity contribution in [2.45, 2.75) is 25.7 Å². The van der Waals surface area contributed by atoms with Crippen LogP contribution in [0.5, 0.6) is 0 Å². The Labute approximate surface area is 122 Å². The van der Waals surface area contributed by atoms with Gasteiger partial charge >= 0.3 is 5.97 Å². The van der Waals surface area contributed by atoms with E-state index in [1.54, 1.807) is 18.2 Å². The van der Waals surface area contributed by atoms with Gasteiger partial charge in [0.2, 0.25) is 0 Å². The molecule has 3 heterocycles. The van der Waals surface area contributed by atoms with Crippen molar-refractivity contribution in [3.05, 3.63) is 30.2 Å². The van der Waals surface area contributed by atoms with E-state index >= 15 is 0 Å². The molecule has 1 fully saturated rings. The molecule has 6 heteroatoms. The number of carbonyl (C=O) groups is 1. The lowest BCUT2D eigenvalue weighted by molar-refractivity contribution is 0.0690. The van der Waals surface area contributed by atoms with Gasteiger partial charge in [0, 0.05) is 19.2 Å². The van der Waals surface area contributed by atoms with Crippen LogP contribution in [0.2, 0.25) is 0 Å². The van der Waals surface area contributed by atoms with Crippen LogP contribution in [0.3, 0.4) is 0 Å². The summed E-state index contributed by atoms with van der Waals surface area (Å²) in [6.45, 7) is 1.79. The fourth-order valence-electron chi connectivity index (χ4n) is 2.52. The third-order valence-corrected chi connectivity index (χ3v) is 3.60. The molecule has 0 atom stereocenters. The number of anilines is 1. The van der Waals surface area contributed by atoms with Crippen molar-refractivity contribution in [3.63, 3.8) is 0 Å². The average Bonchev–Trinajstić information content (AvgIpc) is 2.89. The maximum absolute atomic E-state index is 11.3. The Morgan fingerprint density at radius 1 is 1.19 bits per heavy atom. The molecule has 0 bridgehead atoms. The first-order chi connectivity index (χ1) is 10.2. The molecule has 2 aromatic heterocycles. The lowest BCUT2D eigenvalue weighted by Gasteiger charge is -2.21. The fraction of sp³-hybridized carbons (Fsp3) is 0.400. The van der Waals surface area contributed by atoms with Gasteiger partial charge in [-0.2, -0.15) is 0 Å². The van der Waals surface area contributed by atoms with Crippen LogP contribution < -0.4 is 4.90 Å². The number of aromatic carboxylic acids is 1. The number of nitrogens with zero attached hydrogens (tertiary/aromatic N) is 3. The Kier molecular flexibility index (Phi) is 3.85. The minimum Gasteiger partial charge on any atom is -0.477 e. The summed E-state index contributed by atoms with van der Waals surface area (Å²) >= 11 is 0. The quantitative estimate of drug-likeness (QED) is 0.935. The van der Waals surface area contributed by atoms with Crippen molar-refractivity contribution >= 4 is 11.8 Å². The Morgan fingerprint density at radius 2 is 1.95 bits per heavy atom.